The lowest BCUT2D eigenvalue weighted by Gasteiger charge is -2.22. The number of para-hydroxylation sites is 1. The monoisotopic (exact) mass is 326 g/mol. The largest absolute Gasteiger partial charge is 0.510 e. The molecule has 0 aliphatic carbocycles. The Morgan fingerprint density at radius 2 is 1.78 bits per heavy atom. The summed E-state index contributed by atoms with van der Waals surface area (Å²) in [6.45, 7) is 3.57. The lowest BCUT2D eigenvalue weighted by molar-refractivity contribution is -0.107. The first-order chi connectivity index (χ1) is 11.0. The molecule has 0 spiro atoms. The van der Waals surface area contributed by atoms with Crippen LogP contribution in [0.25, 0.3) is 0 Å². The standard InChI is InChI=1S/C19H18O3S/c1-13-17(20)19(2,23-18(13)21)12-14-7-6-10-16(11-14)22-15-8-4-3-5-9-15/h3-11,20H,12H2,1-2H3. The first kappa shape index (κ1) is 15.7. The summed E-state index contributed by atoms with van der Waals surface area (Å²) in [4.78, 5) is 11.8. The number of aliphatic hydroxyl groups is 1. The van der Waals surface area contributed by atoms with Crippen LogP contribution in [0.4, 0.5) is 0 Å². The highest BCUT2D eigenvalue weighted by molar-refractivity contribution is 8.15. The van der Waals surface area contributed by atoms with Crippen LogP contribution in [-0.2, 0) is 11.2 Å². The molecule has 0 aromatic heterocycles. The summed E-state index contributed by atoms with van der Waals surface area (Å²) in [6.07, 6.45) is 0.568. The molecule has 4 heteroatoms. The molecule has 1 aliphatic rings. The molecule has 1 heterocycles. The van der Waals surface area contributed by atoms with E-state index in [-0.39, 0.29) is 10.9 Å². The van der Waals surface area contributed by atoms with Crippen molar-refractivity contribution in [1.29, 1.82) is 0 Å². The molecule has 23 heavy (non-hydrogen) atoms. The molecular formula is C19H18O3S. The number of carbonyl (C=O) groups excluding carboxylic acids is 1. The van der Waals surface area contributed by atoms with E-state index >= 15 is 0 Å². The fraction of sp³-hybridized carbons (Fsp3) is 0.211. The maximum absolute atomic E-state index is 11.8. The van der Waals surface area contributed by atoms with Crippen LogP contribution in [-0.4, -0.2) is 15.0 Å². The van der Waals surface area contributed by atoms with Gasteiger partial charge >= 0.3 is 0 Å². The SMILES string of the molecule is CC1=C(O)C(C)(Cc2cccc(Oc3ccccc3)c2)SC1=O. The Balaban J connectivity index is 1.80. The summed E-state index contributed by atoms with van der Waals surface area (Å²) in [5, 5.41) is 10.2. The van der Waals surface area contributed by atoms with Gasteiger partial charge in [-0.2, -0.15) is 0 Å². The summed E-state index contributed by atoms with van der Waals surface area (Å²) in [7, 11) is 0. The van der Waals surface area contributed by atoms with E-state index < -0.39 is 4.75 Å². The van der Waals surface area contributed by atoms with Crippen molar-refractivity contribution in [1.82, 2.24) is 0 Å². The third kappa shape index (κ3) is 3.27. The van der Waals surface area contributed by atoms with Gasteiger partial charge in [-0.25, -0.2) is 0 Å². The minimum Gasteiger partial charge on any atom is -0.510 e. The van der Waals surface area contributed by atoms with Crippen molar-refractivity contribution < 1.29 is 14.6 Å². The van der Waals surface area contributed by atoms with E-state index in [9.17, 15) is 9.90 Å². The van der Waals surface area contributed by atoms with Crippen LogP contribution >= 0.6 is 11.8 Å². The van der Waals surface area contributed by atoms with E-state index in [1.165, 1.54) is 11.8 Å². The van der Waals surface area contributed by atoms with Crippen molar-refractivity contribution in [2.24, 2.45) is 0 Å². The van der Waals surface area contributed by atoms with Crippen LogP contribution in [0.2, 0.25) is 0 Å². The summed E-state index contributed by atoms with van der Waals surface area (Å²) in [5.74, 6) is 1.70. The zero-order valence-electron chi connectivity index (χ0n) is 13.1. The summed E-state index contributed by atoms with van der Waals surface area (Å²) in [6, 6.07) is 17.3. The number of rotatable bonds is 4. The Kier molecular flexibility index (Phi) is 4.18. The normalized spacial score (nSPS) is 20.9. The maximum atomic E-state index is 11.8. The molecule has 2 aromatic carbocycles. The van der Waals surface area contributed by atoms with Crippen molar-refractivity contribution in [2.75, 3.05) is 0 Å². The second kappa shape index (κ2) is 6.13. The molecule has 1 N–H and O–H groups in total. The Labute approximate surface area is 140 Å². The Morgan fingerprint density at radius 1 is 1.09 bits per heavy atom. The van der Waals surface area contributed by atoms with Crippen LogP contribution in [0.1, 0.15) is 19.4 Å². The molecule has 0 fully saturated rings. The van der Waals surface area contributed by atoms with Gasteiger partial charge in [-0.1, -0.05) is 42.1 Å². The quantitative estimate of drug-likeness (QED) is 0.869. The molecule has 1 unspecified atom stereocenters. The third-order valence-corrected chi connectivity index (χ3v) is 5.18. The van der Waals surface area contributed by atoms with Crippen molar-refractivity contribution in [3.05, 3.63) is 71.5 Å². The number of thioether (sulfide) groups is 1. The van der Waals surface area contributed by atoms with E-state index in [0.29, 0.717) is 12.0 Å². The summed E-state index contributed by atoms with van der Waals surface area (Å²) >= 11 is 1.18. The number of benzene rings is 2. The van der Waals surface area contributed by atoms with Crippen LogP contribution in [0.5, 0.6) is 11.5 Å². The number of aliphatic hydroxyl groups excluding tert-OH is 1. The second-order valence-electron chi connectivity index (χ2n) is 5.83. The van der Waals surface area contributed by atoms with Crippen LogP contribution < -0.4 is 4.74 Å². The van der Waals surface area contributed by atoms with Gasteiger partial charge < -0.3 is 9.84 Å². The van der Waals surface area contributed by atoms with E-state index in [0.717, 1.165) is 17.1 Å². The molecule has 2 aromatic rings. The van der Waals surface area contributed by atoms with Gasteiger partial charge in [-0.15, -0.1) is 0 Å². The van der Waals surface area contributed by atoms with Gasteiger partial charge in [0.1, 0.15) is 17.3 Å². The van der Waals surface area contributed by atoms with E-state index in [4.69, 9.17) is 4.74 Å². The summed E-state index contributed by atoms with van der Waals surface area (Å²) < 4.78 is 5.23. The molecular weight excluding hydrogens is 308 g/mol. The van der Waals surface area contributed by atoms with E-state index in [2.05, 4.69) is 0 Å². The maximum Gasteiger partial charge on any atom is 0.219 e. The van der Waals surface area contributed by atoms with Gasteiger partial charge in [-0.05, 0) is 50.1 Å². The fourth-order valence-corrected chi connectivity index (χ4v) is 3.82. The molecule has 3 rings (SSSR count). The lowest BCUT2D eigenvalue weighted by Crippen LogP contribution is -2.23. The molecule has 0 amide bonds. The first-order valence-corrected chi connectivity index (χ1v) is 8.25. The van der Waals surface area contributed by atoms with Crippen molar-refractivity contribution in [3.63, 3.8) is 0 Å². The van der Waals surface area contributed by atoms with Crippen LogP contribution in [0.15, 0.2) is 65.9 Å². The number of hydrogen-bond acceptors (Lipinski definition) is 4. The molecule has 0 saturated heterocycles. The fourth-order valence-electron chi connectivity index (χ4n) is 2.68. The highest BCUT2D eigenvalue weighted by atomic mass is 32.2. The second-order valence-corrected chi connectivity index (χ2v) is 7.31. The Hall–Kier alpha value is -2.20. The van der Waals surface area contributed by atoms with Gasteiger partial charge in [0.15, 0.2) is 0 Å². The molecule has 1 atom stereocenters. The number of hydrogen-bond donors (Lipinski definition) is 1. The smallest absolute Gasteiger partial charge is 0.219 e. The van der Waals surface area contributed by atoms with Crippen LogP contribution in [0, 0.1) is 0 Å². The predicted molar refractivity (Wildman–Crippen MR) is 93.0 cm³/mol. The molecule has 118 valence electrons. The van der Waals surface area contributed by atoms with Crippen molar-refractivity contribution in [2.45, 2.75) is 25.0 Å². The highest BCUT2D eigenvalue weighted by Crippen LogP contribution is 2.44. The predicted octanol–water partition coefficient (Wildman–Crippen LogP) is 4.89. The lowest BCUT2D eigenvalue weighted by atomic mass is 9.96. The zero-order valence-corrected chi connectivity index (χ0v) is 13.9. The summed E-state index contributed by atoms with van der Waals surface area (Å²) in [5.41, 5.74) is 1.47. The first-order valence-electron chi connectivity index (χ1n) is 7.43. The van der Waals surface area contributed by atoms with Crippen molar-refractivity contribution in [3.8, 4) is 11.5 Å². The average Bonchev–Trinajstić information content (AvgIpc) is 2.72. The Bertz CT molecular complexity index is 767. The number of carbonyl (C=O) groups is 1. The molecule has 0 radical (unpaired) electrons. The van der Waals surface area contributed by atoms with Crippen molar-refractivity contribution >= 4 is 16.9 Å². The van der Waals surface area contributed by atoms with Gasteiger partial charge in [-0.3, -0.25) is 4.79 Å². The van der Waals surface area contributed by atoms with E-state index in [1.54, 1.807) is 6.92 Å². The van der Waals surface area contributed by atoms with Gasteiger partial charge in [0.2, 0.25) is 5.12 Å². The Morgan fingerprint density at radius 3 is 2.43 bits per heavy atom. The number of ether oxygens (including phenoxy) is 1. The molecule has 1 aliphatic heterocycles. The molecule has 0 saturated carbocycles. The third-order valence-electron chi connectivity index (χ3n) is 3.90. The zero-order chi connectivity index (χ0) is 16.4. The van der Waals surface area contributed by atoms with Gasteiger partial charge in [0.05, 0.1) is 4.75 Å². The van der Waals surface area contributed by atoms with Gasteiger partial charge in [0, 0.05) is 5.57 Å². The minimum atomic E-state index is -0.605. The minimum absolute atomic E-state index is 0.0540. The van der Waals surface area contributed by atoms with E-state index in [1.807, 2.05) is 61.5 Å². The van der Waals surface area contributed by atoms with Gasteiger partial charge in [0.25, 0.3) is 0 Å². The molecule has 0 bridgehead atoms. The average molecular weight is 326 g/mol. The topological polar surface area (TPSA) is 46.5 Å². The molecule has 3 nitrogen and oxygen atoms in total. The highest BCUT2D eigenvalue weighted by Gasteiger charge is 2.41. The van der Waals surface area contributed by atoms with Crippen LogP contribution in [0.3, 0.4) is 0 Å².